The molecule has 0 aromatic carbocycles. The second-order valence-electron chi connectivity index (χ2n) is 4.56. The molecule has 1 rings (SSSR count). The topological polar surface area (TPSA) is 50.1 Å². The highest BCUT2D eigenvalue weighted by molar-refractivity contribution is 7.99. The van der Waals surface area contributed by atoms with Crippen LogP contribution in [0.3, 0.4) is 0 Å². The maximum atomic E-state index is 11.0. The monoisotopic (exact) mass is 255 g/mol. The van der Waals surface area contributed by atoms with Crippen molar-refractivity contribution >= 4 is 17.7 Å². The van der Waals surface area contributed by atoms with Crippen molar-refractivity contribution in [1.82, 2.24) is 0 Å². The molecule has 4 heteroatoms. The Morgan fingerprint density at radius 1 is 1.53 bits per heavy atom. The third-order valence-electron chi connectivity index (χ3n) is 3.51. The molecular formula is C13H21NO2S. The van der Waals surface area contributed by atoms with Crippen molar-refractivity contribution in [3.8, 4) is 6.07 Å². The molecule has 1 saturated carbocycles. The van der Waals surface area contributed by atoms with Gasteiger partial charge in [-0.1, -0.05) is 13.3 Å². The molecule has 0 bridgehead atoms. The van der Waals surface area contributed by atoms with E-state index >= 15 is 0 Å². The third kappa shape index (κ3) is 4.59. The molecule has 1 aliphatic rings. The SMILES string of the molecule is CCC1CCC(C#N)C(SCCC(=O)OC)C1. The summed E-state index contributed by atoms with van der Waals surface area (Å²) in [6, 6.07) is 2.41. The number of nitrogens with zero attached hydrogens (tertiary/aromatic N) is 1. The van der Waals surface area contributed by atoms with Crippen LogP contribution in [-0.4, -0.2) is 24.1 Å². The molecule has 96 valence electrons. The van der Waals surface area contributed by atoms with E-state index in [1.54, 1.807) is 11.8 Å². The van der Waals surface area contributed by atoms with E-state index in [1.807, 2.05) is 0 Å². The number of rotatable bonds is 5. The molecule has 3 unspecified atom stereocenters. The Balaban J connectivity index is 2.37. The minimum absolute atomic E-state index is 0.158. The van der Waals surface area contributed by atoms with Crippen LogP contribution >= 0.6 is 11.8 Å². The number of methoxy groups -OCH3 is 1. The molecule has 0 amide bonds. The van der Waals surface area contributed by atoms with Crippen LogP contribution in [0.15, 0.2) is 0 Å². The van der Waals surface area contributed by atoms with Gasteiger partial charge in [0.15, 0.2) is 0 Å². The number of carbonyl (C=O) groups is 1. The predicted molar refractivity (Wildman–Crippen MR) is 69.6 cm³/mol. The summed E-state index contributed by atoms with van der Waals surface area (Å²) in [5, 5.41) is 9.53. The summed E-state index contributed by atoms with van der Waals surface area (Å²) in [4.78, 5) is 11.0. The van der Waals surface area contributed by atoms with E-state index < -0.39 is 0 Å². The molecule has 0 aromatic heterocycles. The minimum atomic E-state index is -0.158. The maximum absolute atomic E-state index is 11.0. The number of ether oxygens (including phenoxy) is 1. The molecule has 0 aliphatic heterocycles. The first-order valence-electron chi connectivity index (χ1n) is 6.29. The quantitative estimate of drug-likeness (QED) is 0.709. The number of hydrogen-bond acceptors (Lipinski definition) is 4. The van der Waals surface area contributed by atoms with Gasteiger partial charge in [0.1, 0.15) is 0 Å². The fourth-order valence-corrected chi connectivity index (χ4v) is 3.73. The van der Waals surface area contributed by atoms with E-state index in [-0.39, 0.29) is 11.9 Å². The second kappa shape index (κ2) is 7.60. The number of esters is 1. The summed E-state index contributed by atoms with van der Waals surface area (Å²) < 4.78 is 4.62. The Bertz CT molecular complexity index is 288. The van der Waals surface area contributed by atoms with E-state index in [0.717, 1.165) is 24.5 Å². The van der Waals surface area contributed by atoms with Crippen LogP contribution in [-0.2, 0) is 9.53 Å². The van der Waals surface area contributed by atoms with Crippen molar-refractivity contribution in [2.24, 2.45) is 11.8 Å². The van der Waals surface area contributed by atoms with Gasteiger partial charge < -0.3 is 4.74 Å². The zero-order chi connectivity index (χ0) is 12.7. The Hall–Kier alpha value is -0.690. The van der Waals surface area contributed by atoms with Gasteiger partial charge in [-0.3, -0.25) is 4.79 Å². The second-order valence-corrected chi connectivity index (χ2v) is 5.91. The largest absolute Gasteiger partial charge is 0.469 e. The van der Waals surface area contributed by atoms with Crippen LogP contribution in [0.4, 0.5) is 0 Å². The number of carbonyl (C=O) groups excluding carboxylic acids is 1. The average molecular weight is 255 g/mol. The lowest BCUT2D eigenvalue weighted by molar-refractivity contribution is -0.140. The van der Waals surface area contributed by atoms with Crippen molar-refractivity contribution in [2.75, 3.05) is 12.9 Å². The van der Waals surface area contributed by atoms with Crippen LogP contribution in [0.5, 0.6) is 0 Å². The van der Waals surface area contributed by atoms with E-state index in [1.165, 1.54) is 20.0 Å². The zero-order valence-electron chi connectivity index (χ0n) is 10.6. The van der Waals surface area contributed by atoms with E-state index in [2.05, 4.69) is 17.7 Å². The summed E-state index contributed by atoms with van der Waals surface area (Å²) >= 11 is 1.77. The molecule has 0 N–H and O–H groups in total. The van der Waals surface area contributed by atoms with Crippen molar-refractivity contribution in [1.29, 1.82) is 5.26 Å². The lowest BCUT2D eigenvalue weighted by atomic mass is 9.81. The standard InChI is InChI=1S/C13H21NO2S/c1-3-10-4-5-11(9-14)12(8-10)17-7-6-13(15)16-2/h10-12H,3-8H2,1-2H3. The van der Waals surface area contributed by atoms with Crippen molar-refractivity contribution in [2.45, 2.75) is 44.3 Å². The third-order valence-corrected chi connectivity index (χ3v) is 4.90. The van der Waals surface area contributed by atoms with E-state index in [9.17, 15) is 4.79 Å². The number of thioether (sulfide) groups is 1. The Labute approximate surface area is 108 Å². The van der Waals surface area contributed by atoms with E-state index in [0.29, 0.717) is 11.7 Å². The van der Waals surface area contributed by atoms with Crippen LogP contribution in [0, 0.1) is 23.2 Å². The molecule has 3 nitrogen and oxygen atoms in total. The zero-order valence-corrected chi connectivity index (χ0v) is 11.5. The molecule has 0 spiro atoms. The summed E-state index contributed by atoms with van der Waals surface area (Å²) in [5.41, 5.74) is 0. The lowest BCUT2D eigenvalue weighted by Gasteiger charge is -2.31. The highest BCUT2D eigenvalue weighted by Gasteiger charge is 2.29. The number of nitriles is 1. The highest BCUT2D eigenvalue weighted by atomic mass is 32.2. The fraction of sp³-hybridized carbons (Fsp3) is 0.846. The van der Waals surface area contributed by atoms with Gasteiger partial charge >= 0.3 is 5.97 Å². The molecule has 1 aliphatic carbocycles. The van der Waals surface area contributed by atoms with Crippen molar-refractivity contribution in [3.05, 3.63) is 0 Å². The normalized spacial score (nSPS) is 28.4. The summed E-state index contributed by atoms with van der Waals surface area (Å²) in [6.07, 6.45) is 4.98. The Morgan fingerprint density at radius 3 is 2.88 bits per heavy atom. The Morgan fingerprint density at radius 2 is 2.29 bits per heavy atom. The van der Waals surface area contributed by atoms with Gasteiger partial charge in [0.05, 0.1) is 25.5 Å². The molecule has 0 saturated heterocycles. The minimum Gasteiger partial charge on any atom is -0.469 e. The molecule has 17 heavy (non-hydrogen) atoms. The van der Waals surface area contributed by atoms with Crippen LogP contribution < -0.4 is 0 Å². The smallest absolute Gasteiger partial charge is 0.306 e. The fourth-order valence-electron chi connectivity index (χ4n) is 2.31. The van der Waals surface area contributed by atoms with E-state index in [4.69, 9.17) is 5.26 Å². The molecule has 1 fully saturated rings. The van der Waals surface area contributed by atoms with Gasteiger partial charge in [0.2, 0.25) is 0 Å². The van der Waals surface area contributed by atoms with Crippen LogP contribution in [0.1, 0.15) is 39.0 Å². The first kappa shape index (κ1) is 14.4. The predicted octanol–water partition coefficient (Wildman–Crippen LogP) is 3.00. The Kier molecular flexibility index (Phi) is 6.43. The highest BCUT2D eigenvalue weighted by Crippen LogP contribution is 2.37. The van der Waals surface area contributed by atoms with Gasteiger partial charge in [-0.25, -0.2) is 0 Å². The first-order valence-corrected chi connectivity index (χ1v) is 7.34. The van der Waals surface area contributed by atoms with Crippen LogP contribution in [0.25, 0.3) is 0 Å². The van der Waals surface area contributed by atoms with Gasteiger partial charge in [-0.2, -0.15) is 17.0 Å². The van der Waals surface area contributed by atoms with Crippen molar-refractivity contribution < 1.29 is 9.53 Å². The molecule has 0 radical (unpaired) electrons. The molecule has 0 heterocycles. The number of hydrogen-bond donors (Lipinski definition) is 0. The summed E-state index contributed by atoms with van der Waals surface area (Å²) in [6.45, 7) is 2.22. The lowest BCUT2D eigenvalue weighted by Crippen LogP contribution is -2.26. The van der Waals surface area contributed by atoms with Gasteiger partial charge in [0, 0.05) is 11.0 Å². The molecule has 0 aromatic rings. The van der Waals surface area contributed by atoms with Gasteiger partial charge in [-0.15, -0.1) is 0 Å². The first-order chi connectivity index (χ1) is 8.21. The van der Waals surface area contributed by atoms with Crippen molar-refractivity contribution in [3.63, 3.8) is 0 Å². The summed E-state index contributed by atoms with van der Waals surface area (Å²) in [7, 11) is 1.42. The maximum Gasteiger partial charge on any atom is 0.306 e. The van der Waals surface area contributed by atoms with Gasteiger partial charge in [-0.05, 0) is 25.2 Å². The molecular weight excluding hydrogens is 234 g/mol. The molecule has 3 atom stereocenters. The summed E-state index contributed by atoms with van der Waals surface area (Å²) in [5.74, 6) is 1.54. The average Bonchev–Trinajstić information content (AvgIpc) is 2.38. The van der Waals surface area contributed by atoms with Gasteiger partial charge in [0.25, 0.3) is 0 Å². The van der Waals surface area contributed by atoms with Crippen LogP contribution in [0.2, 0.25) is 0 Å².